The zero-order valence-corrected chi connectivity index (χ0v) is 14.6. The minimum absolute atomic E-state index is 0.126. The fraction of sp³-hybridized carbons (Fsp3) is 0.556. The number of methoxy groups -OCH3 is 1. The van der Waals surface area contributed by atoms with Gasteiger partial charge < -0.3 is 14.4 Å². The molecule has 1 heterocycles. The summed E-state index contributed by atoms with van der Waals surface area (Å²) >= 11 is 0. The molecule has 1 aliphatic heterocycles. The highest BCUT2D eigenvalue weighted by molar-refractivity contribution is 5.91. The van der Waals surface area contributed by atoms with Gasteiger partial charge in [-0.3, -0.25) is 0 Å². The van der Waals surface area contributed by atoms with E-state index < -0.39 is 17.4 Å². The lowest BCUT2D eigenvalue weighted by molar-refractivity contribution is 0.0203. The second-order valence-corrected chi connectivity index (χ2v) is 6.93. The van der Waals surface area contributed by atoms with Crippen molar-refractivity contribution < 1.29 is 23.5 Å². The smallest absolute Gasteiger partial charge is 0.410 e. The van der Waals surface area contributed by atoms with Gasteiger partial charge in [-0.25, -0.2) is 14.0 Å². The molecule has 0 N–H and O–H groups in total. The summed E-state index contributed by atoms with van der Waals surface area (Å²) in [5.41, 5.74) is 0.0961. The molecule has 1 aromatic rings. The summed E-state index contributed by atoms with van der Waals surface area (Å²) < 4.78 is 24.4. The van der Waals surface area contributed by atoms with E-state index in [1.807, 2.05) is 20.8 Å². The van der Waals surface area contributed by atoms with Crippen LogP contribution in [0, 0.1) is 5.82 Å². The molecule has 6 heteroatoms. The SMILES string of the molecule is COC(=O)c1cccc(F)c1C1CCN(C(=O)OC(C)(C)C)CC1. The van der Waals surface area contributed by atoms with Gasteiger partial charge in [-0.2, -0.15) is 0 Å². The van der Waals surface area contributed by atoms with Crippen molar-refractivity contribution in [1.29, 1.82) is 0 Å². The van der Waals surface area contributed by atoms with Gasteiger partial charge in [0.25, 0.3) is 0 Å². The molecular weight excluding hydrogens is 313 g/mol. The summed E-state index contributed by atoms with van der Waals surface area (Å²) in [6.07, 6.45) is 0.789. The van der Waals surface area contributed by atoms with Gasteiger partial charge in [0.2, 0.25) is 0 Å². The van der Waals surface area contributed by atoms with E-state index in [2.05, 4.69) is 0 Å². The summed E-state index contributed by atoms with van der Waals surface area (Å²) in [5, 5.41) is 0. The van der Waals surface area contributed by atoms with Gasteiger partial charge in [-0.1, -0.05) is 6.07 Å². The van der Waals surface area contributed by atoms with Gasteiger partial charge in [0.05, 0.1) is 12.7 Å². The first-order chi connectivity index (χ1) is 11.2. The summed E-state index contributed by atoms with van der Waals surface area (Å²) in [4.78, 5) is 25.6. The third-order valence-electron chi connectivity index (χ3n) is 4.01. The summed E-state index contributed by atoms with van der Waals surface area (Å²) in [5.74, 6) is -1.08. The van der Waals surface area contributed by atoms with E-state index >= 15 is 0 Å². The van der Waals surface area contributed by atoms with Gasteiger partial charge in [0.1, 0.15) is 11.4 Å². The fourth-order valence-corrected chi connectivity index (χ4v) is 2.92. The molecular formula is C18H24FNO4. The Morgan fingerprint density at radius 2 is 1.83 bits per heavy atom. The Balaban J connectivity index is 2.10. The van der Waals surface area contributed by atoms with Crippen LogP contribution in [0.15, 0.2) is 18.2 Å². The summed E-state index contributed by atoms with van der Waals surface area (Å²) in [7, 11) is 1.28. The highest BCUT2D eigenvalue weighted by atomic mass is 19.1. The molecule has 5 nitrogen and oxygen atoms in total. The quantitative estimate of drug-likeness (QED) is 0.772. The van der Waals surface area contributed by atoms with Crippen LogP contribution in [-0.4, -0.2) is 42.8 Å². The van der Waals surface area contributed by atoms with Crippen molar-refractivity contribution in [2.24, 2.45) is 0 Å². The third kappa shape index (κ3) is 4.24. The van der Waals surface area contributed by atoms with Crippen LogP contribution in [-0.2, 0) is 9.47 Å². The first kappa shape index (κ1) is 18.2. The molecule has 1 fully saturated rings. The molecule has 2 rings (SSSR count). The lowest BCUT2D eigenvalue weighted by atomic mass is 9.86. The first-order valence-electron chi connectivity index (χ1n) is 8.07. The van der Waals surface area contributed by atoms with E-state index in [-0.39, 0.29) is 17.6 Å². The second kappa shape index (κ2) is 7.20. The number of piperidine rings is 1. The van der Waals surface area contributed by atoms with Gasteiger partial charge in [0, 0.05) is 18.7 Å². The Morgan fingerprint density at radius 1 is 1.21 bits per heavy atom. The van der Waals surface area contributed by atoms with Crippen LogP contribution < -0.4 is 0 Å². The maximum Gasteiger partial charge on any atom is 0.410 e. The zero-order chi connectivity index (χ0) is 17.9. The van der Waals surface area contributed by atoms with E-state index in [0.29, 0.717) is 31.5 Å². The highest BCUT2D eigenvalue weighted by Gasteiger charge is 2.30. The Bertz CT molecular complexity index is 616. The van der Waals surface area contributed by atoms with Gasteiger partial charge >= 0.3 is 12.1 Å². The molecule has 0 spiro atoms. The number of carbonyl (C=O) groups is 2. The molecule has 1 aliphatic rings. The third-order valence-corrected chi connectivity index (χ3v) is 4.01. The standard InChI is InChI=1S/C18H24FNO4/c1-18(2,3)24-17(22)20-10-8-12(9-11-20)15-13(16(21)23-4)6-5-7-14(15)19/h5-7,12H,8-11H2,1-4H3. The number of carbonyl (C=O) groups excluding carboxylic acids is 2. The van der Waals surface area contributed by atoms with E-state index in [9.17, 15) is 14.0 Å². The normalized spacial score (nSPS) is 16.0. The number of nitrogens with zero attached hydrogens (tertiary/aromatic N) is 1. The van der Waals surface area contributed by atoms with E-state index in [0.717, 1.165) is 0 Å². The molecule has 1 amide bonds. The number of rotatable bonds is 2. The molecule has 0 atom stereocenters. The van der Waals surface area contributed by atoms with Crippen LogP contribution >= 0.6 is 0 Å². The average molecular weight is 337 g/mol. The second-order valence-electron chi connectivity index (χ2n) is 6.93. The van der Waals surface area contributed by atoms with Gasteiger partial charge in [-0.15, -0.1) is 0 Å². The van der Waals surface area contributed by atoms with Crippen molar-refractivity contribution >= 4 is 12.1 Å². The number of benzene rings is 1. The highest BCUT2D eigenvalue weighted by Crippen LogP contribution is 2.33. The van der Waals surface area contributed by atoms with E-state index in [1.54, 1.807) is 11.0 Å². The van der Waals surface area contributed by atoms with Crippen LogP contribution in [0.25, 0.3) is 0 Å². The molecule has 0 bridgehead atoms. The van der Waals surface area contributed by atoms with Crippen molar-refractivity contribution in [2.75, 3.05) is 20.2 Å². The first-order valence-corrected chi connectivity index (χ1v) is 8.07. The average Bonchev–Trinajstić information content (AvgIpc) is 2.52. The van der Waals surface area contributed by atoms with Crippen molar-refractivity contribution in [3.05, 3.63) is 35.1 Å². The van der Waals surface area contributed by atoms with E-state index in [1.165, 1.54) is 19.2 Å². The molecule has 0 radical (unpaired) electrons. The van der Waals surface area contributed by atoms with Crippen LogP contribution in [0.3, 0.4) is 0 Å². The van der Waals surface area contributed by atoms with Crippen molar-refractivity contribution in [2.45, 2.75) is 45.1 Å². The number of likely N-dealkylation sites (tertiary alicyclic amines) is 1. The number of halogens is 1. The van der Waals surface area contributed by atoms with Gasteiger partial charge in [0.15, 0.2) is 0 Å². The summed E-state index contributed by atoms with van der Waals surface area (Å²) in [6.45, 7) is 6.39. The number of esters is 1. The number of amides is 1. The maximum atomic E-state index is 14.3. The molecule has 1 aromatic carbocycles. The monoisotopic (exact) mass is 337 g/mol. The van der Waals surface area contributed by atoms with Crippen molar-refractivity contribution in [3.63, 3.8) is 0 Å². The topological polar surface area (TPSA) is 55.8 Å². The number of ether oxygens (including phenoxy) is 2. The largest absolute Gasteiger partial charge is 0.465 e. The van der Waals surface area contributed by atoms with Crippen LogP contribution in [0.2, 0.25) is 0 Å². The molecule has 0 aliphatic carbocycles. The fourth-order valence-electron chi connectivity index (χ4n) is 2.92. The van der Waals surface area contributed by atoms with Crippen LogP contribution in [0.1, 0.15) is 55.5 Å². The molecule has 0 saturated carbocycles. The van der Waals surface area contributed by atoms with Gasteiger partial charge in [-0.05, 0) is 51.7 Å². The predicted molar refractivity (Wildman–Crippen MR) is 87.5 cm³/mol. The van der Waals surface area contributed by atoms with Crippen LogP contribution in [0.4, 0.5) is 9.18 Å². The minimum atomic E-state index is -0.544. The molecule has 132 valence electrons. The predicted octanol–water partition coefficient (Wildman–Crippen LogP) is 3.73. The molecule has 0 aromatic heterocycles. The van der Waals surface area contributed by atoms with Crippen LogP contribution in [0.5, 0.6) is 0 Å². The lowest BCUT2D eigenvalue weighted by Crippen LogP contribution is -2.41. The maximum absolute atomic E-state index is 14.3. The Hall–Kier alpha value is -2.11. The zero-order valence-electron chi connectivity index (χ0n) is 14.6. The Kier molecular flexibility index (Phi) is 5.47. The lowest BCUT2D eigenvalue weighted by Gasteiger charge is -2.34. The number of hydrogen-bond donors (Lipinski definition) is 0. The molecule has 0 unspecified atom stereocenters. The van der Waals surface area contributed by atoms with E-state index in [4.69, 9.17) is 9.47 Å². The Morgan fingerprint density at radius 3 is 2.38 bits per heavy atom. The summed E-state index contributed by atoms with van der Waals surface area (Å²) in [6, 6.07) is 4.42. The molecule has 1 saturated heterocycles. The number of hydrogen-bond acceptors (Lipinski definition) is 4. The minimum Gasteiger partial charge on any atom is -0.465 e. The van der Waals surface area contributed by atoms with Crippen molar-refractivity contribution in [3.8, 4) is 0 Å². The molecule has 24 heavy (non-hydrogen) atoms. The van der Waals surface area contributed by atoms with Crippen molar-refractivity contribution in [1.82, 2.24) is 4.90 Å². The Labute approximate surface area is 141 Å².